The molecule has 4 rings (SSSR count). The van der Waals surface area contributed by atoms with Crippen molar-refractivity contribution in [1.29, 1.82) is 5.26 Å². The van der Waals surface area contributed by atoms with E-state index in [1.165, 1.54) is 21.3 Å². The van der Waals surface area contributed by atoms with Gasteiger partial charge in [-0.1, -0.05) is 35.9 Å². The van der Waals surface area contributed by atoms with Gasteiger partial charge in [-0.25, -0.2) is 0 Å². The Hall–Kier alpha value is -3.68. The number of benzene rings is 1. The fourth-order valence-electron chi connectivity index (χ4n) is 4.68. The second-order valence-corrected chi connectivity index (χ2v) is 8.61. The SMILES string of the molecule is [C-]#[N+]c1ccc2c(n1)c(N1CCN(Cc3cc(C)cc(C)c3)[C@H](C)C1)c(C#N)c(=O)n2C. The molecule has 7 heteroatoms. The van der Waals surface area contributed by atoms with Crippen molar-refractivity contribution in [2.45, 2.75) is 33.4 Å². The maximum Gasteiger partial charge on any atom is 0.271 e. The molecule has 1 saturated heterocycles. The Labute approximate surface area is 188 Å². The molecular weight excluding hydrogens is 400 g/mol. The van der Waals surface area contributed by atoms with Crippen LogP contribution >= 0.6 is 0 Å². The first kappa shape index (κ1) is 21.5. The van der Waals surface area contributed by atoms with Gasteiger partial charge in [0.1, 0.15) is 17.3 Å². The Bertz CT molecular complexity index is 1320. The summed E-state index contributed by atoms with van der Waals surface area (Å²) in [7, 11) is 1.64. The third-order valence-electron chi connectivity index (χ3n) is 6.18. The minimum atomic E-state index is -0.335. The first-order chi connectivity index (χ1) is 15.3. The number of fused-ring (bicyclic) bond motifs is 1. The maximum absolute atomic E-state index is 12.9. The molecule has 0 bridgehead atoms. The molecule has 7 nitrogen and oxygen atoms in total. The number of hydrogen-bond acceptors (Lipinski definition) is 5. The maximum atomic E-state index is 12.9. The van der Waals surface area contributed by atoms with Crippen molar-refractivity contribution in [2.75, 3.05) is 24.5 Å². The molecule has 0 radical (unpaired) electrons. The van der Waals surface area contributed by atoms with Gasteiger partial charge in [-0.15, -0.1) is 4.98 Å². The van der Waals surface area contributed by atoms with E-state index in [4.69, 9.17) is 6.57 Å². The van der Waals surface area contributed by atoms with Crippen LogP contribution in [0.4, 0.5) is 11.5 Å². The molecule has 1 aromatic carbocycles. The first-order valence-corrected chi connectivity index (χ1v) is 10.7. The molecule has 0 amide bonds. The summed E-state index contributed by atoms with van der Waals surface area (Å²) < 4.78 is 1.44. The van der Waals surface area contributed by atoms with Crippen LogP contribution in [-0.2, 0) is 13.6 Å². The molecule has 0 spiro atoms. The predicted molar refractivity (Wildman–Crippen MR) is 126 cm³/mol. The van der Waals surface area contributed by atoms with Gasteiger partial charge in [0.25, 0.3) is 11.4 Å². The van der Waals surface area contributed by atoms with Crippen LogP contribution in [0.1, 0.15) is 29.2 Å². The Morgan fingerprint density at radius 2 is 1.94 bits per heavy atom. The van der Waals surface area contributed by atoms with Crippen LogP contribution in [0.25, 0.3) is 15.9 Å². The molecule has 162 valence electrons. The van der Waals surface area contributed by atoms with Crippen LogP contribution in [0.15, 0.2) is 35.1 Å². The molecule has 0 aliphatic carbocycles. The largest absolute Gasteiger partial charge is 0.364 e. The van der Waals surface area contributed by atoms with Crippen LogP contribution in [0.2, 0.25) is 0 Å². The van der Waals surface area contributed by atoms with Crippen molar-refractivity contribution in [3.05, 3.63) is 74.4 Å². The highest BCUT2D eigenvalue weighted by Gasteiger charge is 2.30. The van der Waals surface area contributed by atoms with Gasteiger partial charge in [0.15, 0.2) is 0 Å². The molecule has 3 aromatic rings. The van der Waals surface area contributed by atoms with E-state index in [-0.39, 0.29) is 23.0 Å². The highest BCUT2D eigenvalue weighted by Crippen LogP contribution is 2.31. The van der Waals surface area contributed by atoms with Crippen molar-refractivity contribution >= 4 is 22.5 Å². The lowest BCUT2D eigenvalue weighted by atomic mass is 10.0. The minimum absolute atomic E-state index is 0.0876. The van der Waals surface area contributed by atoms with Gasteiger partial charge in [0.05, 0.1) is 5.52 Å². The summed E-state index contributed by atoms with van der Waals surface area (Å²) in [5.41, 5.74) is 5.28. The zero-order valence-electron chi connectivity index (χ0n) is 18.9. The van der Waals surface area contributed by atoms with E-state index < -0.39 is 0 Å². The first-order valence-electron chi connectivity index (χ1n) is 10.7. The van der Waals surface area contributed by atoms with E-state index in [0.29, 0.717) is 29.8 Å². The average Bonchev–Trinajstić information content (AvgIpc) is 2.76. The fraction of sp³-hybridized carbons (Fsp3) is 0.360. The Morgan fingerprint density at radius 3 is 2.56 bits per heavy atom. The van der Waals surface area contributed by atoms with Gasteiger partial charge in [-0.05, 0) is 38.5 Å². The van der Waals surface area contributed by atoms with E-state index in [9.17, 15) is 10.1 Å². The summed E-state index contributed by atoms with van der Waals surface area (Å²) in [5, 5.41) is 9.82. The van der Waals surface area contributed by atoms with Crippen LogP contribution in [-0.4, -0.2) is 40.1 Å². The number of rotatable bonds is 3. The summed E-state index contributed by atoms with van der Waals surface area (Å²) >= 11 is 0. The minimum Gasteiger partial charge on any atom is -0.364 e. The molecular formula is C25H26N6O. The van der Waals surface area contributed by atoms with Crippen molar-refractivity contribution in [2.24, 2.45) is 7.05 Å². The average molecular weight is 427 g/mol. The molecule has 1 aliphatic heterocycles. The van der Waals surface area contributed by atoms with E-state index >= 15 is 0 Å². The van der Waals surface area contributed by atoms with Crippen molar-refractivity contribution < 1.29 is 0 Å². The topological polar surface area (TPSA) is 69.5 Å². The van der Waals surface area contributed by atoms with Gasteiger partial charge in [0, 0.05) is 39.3 Å². The lowest BCUT2D eigenvalue weighted by Crippen LogP contribution is -2.52. The fourth-order valence-corrected chi connectivity index (χ4v) is 4.68. The number of piperazine rings is 1. The third-order valence-corrected chi connectivity index (χ3v) is 6.18. The third kappa shape index (κ3) is 3.84. The van der Waals surface area contributed by atoms with E-state index in [1.807, 2.05) is 0 Å². The Kier molecular flexibility index (Phi) is 5.69. The highest BCUT2D eigenvalue weighted by molar-refractivity contribution is 5.92. The van der Waals surface area contributed by atoms with Crippen LogP contribution < -0.4 is 10.5 Å². The molecule has 0 N–H and O–H groups in total. The van der Waals surface area contributed by atoms with Crippen molar-refractivity contribution in [3.63, 3.8) is 0 Å². The van der Waals surface area contributed by atoms with Crippen LogP contribution in [0, 0.1) is 31.8 Å². The number of anilines is 1. The number of nitriles is 1. The van der Waals surface area contributed by atoms with Gasteiger partial charge < -0.3 is 14.3 Å². The number of pyridine rings is 2. The summed E-state index contributed by atoms with van der Waals surface area (Å²) in [6.07, 6.45) is 0. The highest BCUT2D eigenvalue weighted by atomic mass is 16.1. The van der Waals surface area contributed by atoms with Gasteiger partial charge in [0.2, 0.25) is 5.52 Å². The molecule has 1 atom stereocenters. The molecule has 0 saturated carbocycles. The molecule has 2 aromatic heterocycles. The number of nitrogens with zero attached hydrogens (tertiary/aromatic N) is 6. The zero-order chi connectivity index (χ0) is 23.0. The number of aromatic nitrogens is 2. The Balaban J connectivity index is 1.70. The standard InChI is InChI=1S/C25H26N6O/c1-16-10-17(2)12-19(11-16)15-30-8-9-31(14-18(30)3)24-20(13-26)25(32)29(5)21-6-7-22(27-4)28-23(21)24/h6-7,10-12,18H,8-9,14-15H2,1-3,5H3/t18-/m1/s1. The van der Waals surface area contributed by atoms with E-state index in [2.05, 4.69) is 64.7 Å². The van der Waals surface area contributed by atoms with Crippen molar-refractivity contribution in [3.8, 4) is 6.07 Å². The van der Waals surface area contributed by atoms with Crippen LogP contribution in [0.5, 0.6) is 0 Å². The van der Waals surface area contributed by atoms with Gasteiger partial charge in [-0.2, -0.15) is 5.26 Å². The quantitative estimate of drug-likeness (QED) is 0.598. The molecule has 1 fully saturated rings. The summed E-state index contributed by atoms with van der Waals surface area (Å²) in [5.74, 6) is 0.253. The van der Waals surface area contributed by atoms with Crippen LogP contribution in [0.3, 0.4) is 0 Å². The van der Waals surface area contributed by atoms with Crippen molar-refractivity contribution in [1.82, 2.24) is 14.5 Å². The molecule has 1 aliphatic rings. The molecule has 0 unspecified atom stereocenters. The molecule has 3 heterocycles. The smallest absolute Gasteiger partial charge is 0.271 e. The zero-order valence-corrected chi connectivity index (χ0v) is 18.9. The second-order valence-electron chi connectivity index (χ2n) is 8.61. The predicted octanol–water partition coefficient (Wildman–Crippen LogP) is 3.68. The number of aryl methyl sites for hydroxylation is 3. The summed E-state index contributed by atoms with van der Waals surface area (Å²) in [6.45, 7) is 16.8. The number of hydrogen-bond donors (Lipinski definition) is 0. The monoisotopic (exact) mass is 426 g/mol. The normalized spacial score (nSPS) is 16.7. The summed E-state index contributed by atoms with van der Waals surface area (Å²) in [4.78, 5) is 25.3. The lowest BCUT2D eigenvalue weighted by molar-refractivity contribution is 0.181. The van der Waals surface area contributed by atoms with E-state index in [0.717, 1.165) is 13.1 Å². The lowest BCUT2D eigenvalue weighted by Gasteiger charge is -2.41. The van der Waals surface area contributed by atoms with E-state index in [1.54, 1.807) is 19.2 Å². The second kappa shape index (κ2) is 8.45. The van der Waals surface area contributed by atoms with Gasteiger partial charge >= 0.3 is 0 Å². The Morgan fingerprint density at radius 1 is 1.22 bits per heavy atom. The van der Waals surface area contributed by atoms with Gasteiger partial charge in [-0.3, -0.25) is 9.69 Å². The molecule has 32 heavy (non-hydrogen) atoms. The summed E-state index contributed by atoms with van der Waals surface area (Å²) in [6, 6.07) is 12.3.